The van der Waals surface area contributed by atoms with E-state index in [-0.39, 0.29) is 33.0 Å². The van der Waals surface area contributed by atoms with Crippen LogP contribution in [0, 0.1) is 5.82 Å². The summed E-state index contributed by atoms with van der Waals surface area (Å²) in [5.74, 6) is -1.17. The average molecular weight is 587 g/mol. The first kappa shape index (κ1) is 30.1. The number of halogens is 3. The third-order valence-electron chi connectivity index (χ3n) is 6.34. The van der Waals surface area contributed by atoms with Gasteiger partial charge in [-0.25, -0.2) is 9.18 Å². The highest BCUT2D eigenvalue weighted by Gasteiger charge is 2.45. The van der Waals surface area contributed by atoms with E-state index in [1.807, 2.05) is 39.8 Å². The Labute approximate surface area is 237 Å². The number of piperazine rings is 1. The number of likely N-dealkylation sites (N-methyl/N-ethyl adjacent to an activating group) is 1. The van der Waals surface area contributed by atoms with Gasteiger partial charge in [-0.2, -0.15) is 0 Å². The molecule has 0 spiro atoms. The Morgan fingerprint density at radius 2 is 1.74 bits per heavy atom. The van der Waals surface area contributed by atoms with Gasteiger partial charge in [-0.05, 0) is 51.6 Å². The van der Waals surface area contributed by atoms with Gasteiger partial charge in [-0.3, -0.25) is 9.59 Å². The van der Waals surface area contributed by atoms with Crippen LogP contribution in [0.4, 0.5) is 20.6 Å². The van der Waals surface area contributed by atoms with Gasteiger partial charge in [0, 0.05) is 31.1 Å². The Morgan fingerprint density at radius 3 is 2.34 bits per heavy atom. The predicted molar refractivity (Wildman–Crippen MR) is 152 cm³/mol. The van der Waals surface area contributed by atoms with E-state index in [1.165, 1.54) is 17.4 Å². The summed E-state index contributed by atoms with van der Waals surface area (Å²) in [5.41, 5.74) is -0.925. The SMILES string of the molecule is CN(C)CCN1CCN(C(=O)c2sc(C(C)(C)C)cc2NC(=O)Nc2ccc(F)c(Cl)c2Cl)C(C)(C)C1=O. The Bertz CT molecular complexity index is 1240. The summed E-state index contributed by atoms with van der Waals surface area (Å²) in [6.07, 6.45) is 0. The van der Waals surface area contributed by atoms with Crippen LogP contribution in [0.15, 0.2) is 18.2 Å². The highest BCUT2D eigenvalue weighted by Crippen LogP contribution is 2.38. The van der Waals surface area contributed by atoms with Crippen molar-refractivity contribution >= 4 is 63.8 Å². The second kappa shape index (κ2) is 11.4. The molecule has 0 radical (unpaired) electrons. The Hall–Kier alpha value is -2.40. The van der Waals surface area contributed by atoms with Crippen LogP contribution < -0.4 is 10.6 Å². The van der Waals surface area contributed by atoms with Crippen molar-refractivity contribution in [2.75, 3.05) is 50.9 Å². The Kier molecular flexibility index (Phi) is 9.02. The summed E-state index contributed by atoms with van der Waals surface area (Å²) < 4.78 is 13.7. The van der Waals surface area contributed by atoms with Gasteiger partial charge in [0.2, 0.25) is 5.91 Å². The van der Waals surface area contributed by atoms with Gasteiger partial charge in [-0.1, -0.05) is 44.0 Å². The van der Waals surface area contributed by atoms with Crippen LogP contribution in [0.2, 0.25) is 10.0 Å². The minimum atomic E-state index is -1.06. The lowest BCUT2D eigenvalue weighted by Crippen LogP contribution is -2.65. The molecule has 2 N–H and O–H groups in total. The number of benzene rings is 1. The number of carbonyl (C=O) groups excluding carboxylic acids is 3. The molecule has 1 aliphatic rings. The lowest BCUT2D eigenvalue weighted by Gasteiger charge is -2.46. The van der Waals surface area contributed by atoms with E-state index in [2.05, 4.69) is 10.6 Å². The fourth-order valence-electron chi connectivity index (χ4n) is 4.03. The molecule has 0 bridgehead atoms. The maximum Gasteiger partial charge on any atom is 0.323 e. The molecule has 38 heavy (non-hydrogen) atoms. The summed E-state index contributed by atoms with van der Waals surface area (Å²) in [4.78, 5) is 46.6. The molecule has 0 atom stereocenters. The van der Waals surface area contributed by atoms with Gasteiger partial charge in [0.25, 0.3) is 5.91 Å². The summed E-state index contributed by atoms with van der Waals surface area (Å²) in [6.45, 7) is 11.6. The van der Waals surface area contributed by atoms with Crippen LogP contribution in [-0.4, -0.2) is 78.4 Å². The first-order chi connectivity index (χ1) is 17.5. The summed E-state index contributed by atoms with van der Waals surface area (Å²) in [6, 6.07) is 3.48. The zero-order chi connectivity index (χ0) is 28.6. The van der Waals surface area contributed by atoms with Crippen molar-refractivity contribution in [2.24, 2.45) is 0 Å². The Morgan fingerprint density at radius 1 is 1.11 bits per heavy atom. The molecule has 0 saturated carbocycles. The zero-order valence-electron chi connectivity index (χ0n) is 22.7. The highest BCUT2D eigenvalue weighted by molar-refractivity contribution is 7.14. The number of rotatable bonds is 6. The standard InChI is InChI=1S/C26H34Cl2FN5O3S/c1-25(2,3)18-14-17(31-24(37)30-16-9-8-15(29)19(27)20(16)28)21(38-18)22(35)34-13-12-33(11-10-32(6)7)23(36)26(34,4)5/h8-9,14H,10-13H2,1-7H3,(H2,30,31,37). The van der Waals surface area contributed by atoms with E-state index >= 15 is 0 Å². The zero-order valence-corrected chi connectivity index (χ0v) is 25.0. The number of hydrogen-bond acceptors (Lipinski definition) is 5. The molecule has 2 heterocycles. The predicted octanol–water partition coefficient (Wildman–Crippen LogP) is 5.76. The molecule has 4 amide bonds. The van der Waals surface area contributed by atoms with Crippen molar-refractivity contribution in [3.05, 3.63) is 43.8 Å². The molecule has 1 aliphatic heterocycles. The highest BCUT2D eigenvalue weighted by atomic mass is 35.5. The third-order valence-corrected chi connectivity index (χ3v) is 8.75. The molecule has 1 saturated heterocycles. The summed E-state index contributed by atoms with van der Waals surface area (Å²) >= 11 is 13.2. The van der Waals surface area contributed by atoms with E-state index in [0.29, 0.717) is 30.2 Å². The van der Waals surface area contributed by atoms with Crippen molar-refractivity contribution in [1.82, 2.24) is 14.7 Å². The largest absolute Gasteiger partial charge is 0.338 e. The lowest BCUT2D eigenvalue weighted by atomic mass is 9.94. The van der Waals surface area contributed by atoms with Gasteiger partial charge < -0.3 is 25.3 Å². The number of amides is 4. The number of hydrogen-bond donors (Lipinski definition) is 2. The van der Waals surface area contributed by atoms with Crippen LogP contribution in [-0.2, 0) is 10.2 Å². The molecule has 1 aromatic heterocycles. The van der Waals surface area contributed by atoms with Crippen molar-refractivity contribution in [1.29, 1.82) is 0 Å². The van der Waals surface area contributed by atoms with Crippen LogP contribution in [0.1, 0.15) is 49.2 Å². The van der Waals surface area contributed by atoms with Gasteiger partial charge in [-0.15, -0.1) is 11.3 Å². The topological polar surface area (TPSA) is 85.0 Å². The molecule has 0 unspecified atom stereocenters. The summed E-state index contributed by atoms with van der Waals surface area (Å²) in [5, 5.41) is 4.85. The summed E-state index contributed by atoms with van der Waals surface area (Å²) in [7, 11) is 3.89. The van der Waals surface area contributed by atoms with Crippen LogP contribution in [0.5, 0.6) is 0 Å². The molecule has 1 aromatic carbocycles. The minimum Gasteiger partial charge on any atom is -0.338 e. The van der Waals surface area contributed by atoms with E-state index < -0.39 is 17.4 Å². The first-order valence-electron chi connectivity index (χ1n) is 12.2. The van der Waals surface area contributed by atoms with E-state index in [0.717, 1.165) is 17.5 Å². The van der Waals surface area contributed by atoms with Crippen LogP contribution in [0.3, 0.4) is 0 Å². The van der Waals surface area contributed by atoms with Crippen LogP contribution in [0.25, 0.3) is 0 Å². The van der Waals surface area contributed by atoms with Gasteiger partial charge in [0.1, 0.15) is 16.2 Å². The molecule has 208 valence electrons. The van der Waals surface area contributed by atoms with Crippen molar-refractivity contribution < 1.29 is 18.8 Å². The molecular formula is C26H34Cl2FN5O3S. The quantitative estimate of drug-likeness (QED) is 0.422. The number of nitrogens with zero attached hydrogens (tertiary/aromatic N) is 3. The molecular weight excluding hydrogens is 552 g/mol. The minimum absolute atomic E-state index is 0.121. The molecule has 2 aromatic rings. The average Bonchev–Trinajstić information content (AvgIpc) is 3.24. The maximum absolute atomic E-state index is 13.9. The molecule has 1 fully saturated rings. The second-order valence-electron chi connectivity index (χ2n) is 11.0. The normalized spacial score (nSPS) is 15.7. The molecule has 3 rings (SSSR count). The lowest BCUT2D eigenvalue weighted by molar-refractivity contribution is -0.146. The Balaban J connectivity index is 1.88. The van der Waals surface area contributed by atoms with E-state index in [1.54, 1.807) is 29.7 Å². The fraction of sp³-hybridized carbons (Fsp3) is 0.500. The second-order valence-corrected chi connectivity index (χ2v) is 12.8. The number of carbonyl (C=O) groups is 3. The molecule has 8 nitrogen and oxygen atoms in total. The molecule has 0 aliphatic carbocycles. The number of anilines is 2. The van der Waals surface area contributed by atoms with E-state index in [4.69, 9.17) is 23.2 Å². The monoisotopic (exact) mass is 585 g/mol. The van der Waals surface area contributed by atoms with Gasteiger partial charge >= 0.3 is 6.03 Å². The van der Waals surface area contributed by atoms with Gasteiger partial charge in [0.15, 0.2) is 0 Å². The maximum atomic E-state index is 13.9. The number of nitrogens with one attached hydrogen (secondary N) is 2. The number of urea groups is 1. The van der Waals surface area contributed by atoms with Crippen LogP contribution >= 0.6 is 34.5 Å². The fourth-order valence-corrected chi connectivity index (χ4v) is 5.51. The first-order valence-corrected chi connectivity index (χ1v) is 13.7. The molecule has 12 heteroatoms. The van der Waals surface area contributed by atoms with E-state index in [9.17, 15) is 18.8 Å². The van der Waals surface area contributed by atoms with Crippen molar-refractivity contribution in [3.63, 3.8) is 0 Å². The van der Waals surface area contributed by atoms with Crippen molar-refractivity contribution in [3.8, 4) is 0 Å². The van der Waals surface area contributed by atoms with Gasteiger partial charge in [0.05, 0.1) is 21.4 Å². The number of thiophene rings is 1. The van der Waals surface area contributed by atoms with Crippen molar-refractivity contribution in [2.45, 2.75) is 45.6 Å². The smallest absolute Gasteiger partial charge is 0.323 e. The third kappa shape index (κ3) is 6.42.